The average Bonchev–Trinajstić information content (AvgIpc) is 3.61. The van der Waals surface area contributed by atoms with E-state index in [4.69, 9.17) is 9.47 Å². The van der Waals surface area contributed by atoms with Crippen molar-refractivity contribution in [1.29, 1.82) is 0 Å². The number of hydrogen-bond donors (Lipinski definition) is 13. The fourth-order valence-electron chi connectivity index (χ4n) is 6.86. The number of aromatic hydroxyl groups is 2. The number of carboxylic acids is 1. The molecule has 0 fully saturated rings. The van der Waals surface area contributed by atoms with Gasteiger partial charge < -0.3 is 35.6 Å². The minimum atomic E-state index is -5.12. The first-order valence-electron chi connectivity index (χ1n) is 18.8. The lowest BCUT2D eigenvalue weighted by molar-refractivity contribution is -0.130. The number of amides is 1. The second-order valence-corrected chi connectivity index (χ2v) is 19.9. The Balaban J connectivity index is 1.13. The Morgan fingerprint density at radius 2 is 1.20 bits per heavy atom. The lowest BCUT2D eigenvalue weighted by Gasteiger charge is -2.21. The molecule has 1 amide bonds. The number of nitrogens with zero attached hydrogens (tertiary/aromatic N) is 2. The molecule has 1 atom stereocenters. The molecule has 0 bridgehead atoms. The van der Waals surface area contributed by atoms with Crippen LogP contribution in [-0.2, 0) is 50.1 Å². The van der Waals surface area contributed by atoms with Crippen molar-refractivity contribution in [3.05, 3.63) is 84.9 Å². The van der Waals surface area contributed by atoms with E-state index in [1.807, 2.05) is 0 Å². The topological polar surface area (TPSA) is 419 Å². The Kier molecular flexibility index (Phi) is 12.9. The lowest BCUT2D eigenvalue weighted by Crippen LogP contribution is -2.48. The number of methoxy groups -OCH3 is 2. The van der Waals surface area contributed by atoms with Crippen LogP contribution in [0.2, 0.25) is 0 Å². The Hall–Kier alpha value is -7.75. The molecule has 1 heterocycles. The summed E-state index contributed by atoms with van der Waals surface area (Å²) in [5.41, 5.74) is 14.7. The molecule has 1 aliphatic rings. The standard InChI is InChI=1S/C38H34N8O19S4/c1-64-28-16-26(29(65-2)15-25(28)41-40-24-9-10-30(68(58,59)60)23-13-21(67(55,56)57)14-27(47)32(23)24)42-43-33-31(69(61,62)63)12-17-11-18(3-8-22(17)36(33)48)39-44-34-35(38(50)51)45-46(37(34)49)19-4-6-20(7-5-19)66(52,53)54/h3-16,34,39-44,47-48H,1-2H3,(H,50,51)(H,52,53,54)(H,55,56,57)(H,58,59,60)(H,61,62,63). The number of anilines is 6. The molecule has 0 aromatic heterocycles. The predicted octanol–water partition coefficient (Wildman–Crippen LogP) is 3.06. The van der Waals surface area contributed by atoms with Crippen molar-refractivity contribution in [1.82, 2.24) is 5.43 Å². The van der Waals surface area contributed by atoms with E-state index >= 15 is 0 Å². The van der Waals surface area contributed by atoms with E-state index in [9.17, 15) is 76.8 Å². The minimum Gasteiger partial charge on any atom is -0.507 e. The molecular formula is C38H34N8O19S4. The number of benzene rings is 6. The smallest absolute Gasteiger partial charge is 0.354 e. The summed E-state index contributed by atoms with van der Waals surface area (Å²) in [5.74, 6) is -4.01. The summed E-state index contributed by atoms with van der Waals surface area (Å²) in [6.07, 6.45) is 0. The molecule has 0 aliphatic carbocycles. The van der Waals surface area contributed by atoms with Gasteiger partial charge in [0, 0.05) is 40.0 Å². The first kappa shape index (κ1) is 49.2. The molecule has 0 spiro atoms. The van der Waals surface area contributed by atoms with E-state index in [1.165, 1.54) is 44.6 Å². The maximum Gasteiger partial charge on any atom is 0.354 e. The summed E-state index contributed by atoms with van der Waals surface area (Å²) in [6, 6.07) is 13.5. The molecule has 0 saturated heterocycles. The normalized spacial score (nSPS) is 14.3. The van der Waals surface area contributed by atoms with Gasteiger partial charge >= 0.3 is 5.97 Å². The van der Waals surface area contributed by atoms with Gasteiger partial charge in [0.15, 0.2) is 11.8 Å². The molecule has 1 aliphatic heterocycles. The van der Waals surface area contributed by atoms with Gasteiger partial charge in [0.25, 0.3) is 46.4 Å². The summed E-state index contributed by atoms with van der Waals surface area (Å²) in [7, 11) is -17.1. The summed E-state index contributed by atoms with van der Waals surface area (Å²) < 4.78 is 146. The molecule has 7 rings (SSSR count). The van der Waals surface area contributed by atoms with Crippen molar-refractivity contribution < 1.29 is 86.3 Å². The third-order valence-electron chi connectivity index (χ3n) is 10.0. The Bertz CT molecular complexity index is 3630. The number of carboxylic acid groups (broad SMARTS) is 1. The van der Waals surface area contributed by atoms with Crippen LogP contribution < -0.4 is 47.0 Å². The highest BCUT2D eigenvalue weighted by Crippen LogP contribution is 2.43. The molecule has 364 valence electrons. The van der Waals surface area contributed by atoms with Crippen molar-refractivity contribution in [3.63, 3.8) is 0 Å². The van der Waals surface area contributed by atoms with Crippen LogP contribution >= 0.6 is 0 Å². The number of carbonyl (C=O) groups excluding carboxylic acids is 1. The number of hydrazone groups is 1. The van der Waals surface area contributed by atoms with Gasteiger partial charge in [0.1, 0.15) is 38.5 Å². The fourth-order valence-corrected chi connectivity index (χ4v) is 9.23. The van der Waals surface area contributed by atoms with E-state index in [-0.39, 0.29) is 56.1 Å². The van der Waals surface area contributed by atoms with Crippen LogP contribution in [0.4, 0.5) is 34.1 Å². The maximum atomic E-state index is 13.3. The minimum absolute atomic E-state index is 0.00216. The number of carbonyl (C=O) groups is 2. The van der Waals surface area contributed by atoms with E-state index < -0.39 is 106 Å². The molecule has 6 aromatic rings. The number of ether oxygens (including phenoxy) is 2. The second kappa shape index (κ2) is 18.1. The zero-order chi connectivity index (χ0) is 50.5. The first-order valence-corrected chi connectivity index (χ1v) is 24.5. The molecule has 0 radical (unpaired) electrons. The maximum absolute atomic E-state index is 13.3. The van der Waals surface area contributed by atoms with Crippen LogP contribution in [0, 0.1) is 0 Å². The van der Waals surface area contributed by atoms with E-state index in [0.29, 0.717) is 11.1 Å². The fraction of sp³-hybridized carbons (Fsp3) is 0.0789. The first-order chi connectivity index (χ1) is 32.2. The van der Waals surface area contributed by atoms with Gasteiger partial charge in [-0.3, -0.25) is 39.3 Å². The molecule has 6 aromatic carbocycles. The van der Waals surface area contributed by atoms with E-state index in [1.54, 1.807) is 0 Å². The van der Waals surface area contributed by atoms with E-state index in [2.05, 4.69) is 37.7 Å². The molecule has 27 nitrogen and oxygen atoms in total. The summed E-state index contributed by atoms with van der Waals surface area (Å²) in [5, 5.41) is 35.6. The predicted molar refractivity (Wildman–Crippen MR) is 244 cm³/mol. The lowest BCUT2D eigenvalue weighted by atomic mass is 10.1. The van der Waals surface area contributed by atoms with Gasteiger partial charge in [-0.05, 0) is 72.1 Å². The molecule has 31 heteroatoms. The number of nitrogens with one attached hydrogen (secondary N) is 6. The molecule has 1 unspecified atom stereocenters. The van der Waals surface area contributed by atoms with Crippen molar-refractivity contribution in [3.8, 4) is 23.0 Å². The van der Waals surface area contributed by atoms with Gasteiger partial charge in [-0.25, -0.2) is 10.2 Å². The molecule has 69 heavy (non-hydrogen) atoms. The highest BCUT2D eigenvalue weighted by molar-refractivity contribution is 7.86. The molecule has 0 saturated carbocycles. The molecular weight excluding hydrogens is 1000 g/mol. The van der Waals surface area contributed by atoms with Gasteiger partial charge in [0.05, 0.1) is 46.8 Å². The number of phenols is 2. The third kappa shape index (κ3) is 9.96. The Labute approximate surface area is 388 Å². The summed E-state index contributed by atoms with van der Waals surface area (Å²) in [6.45, 7) is 0. The van der Waals surface area contributed by atoms with Crippen LogP contribution in [0.25, 0.3) is 21.5 Å². The number of phenolic OH excluding ortho intramolecular Hbond substituents is 2. The van der Waals surface area contributed by atoms with Crippen LogP contribution in [0.1, 0.15) is 0 Å². The van der Waals surface area contributed by atoms with Crippen molar-refractivity contribution in [2.75, 3.05) is 46.4 Å². The van der Waals surface area contributed by atoms with Gasteiger partial charge in [-0.2, -0.15) is 43.8 Å². The molecule has 13 N–H and O–H groups in total. The van der Waals surface area contributed by atoms with E-state index in [0.717, 1.165) is 48.5 Å². The third-order valence-corrected chi connectivity index (χ3v) is 13.5. The quantitative estimate of drug-likeness (QED) is 0.0354. The number of hydrazine groups is 3. The number of hydrogen-bond acceptors (Lipinski definition) is 21. The van der Waals surface area contributed by atoms with Crippen molar-refractivity contribution in [2.45, 2.75) is 25.6 Å². The van der Waals surface area contributed by atoms with Crippen LogP contribution in [0.15, 0.2) is 110 Å². The second-order valence-electron chi connectivity index (χ2n) is 14.3. The highest BCUT2D eigenvalue weighted by Gasteiger charge is 2.41. The van der Waals surface area contributed by atoms with Gasteiger partial charge in [0.2, 0.25) is 0 Å². The monoisotopic (exact) mass is 1030 g/mol. The highest BCUT2D eigenvalue weighted by atomic mass is 32.2. The summed E-state index contributed by atoms with van der Waals surface area (Å²) >= 11 is 0. The van der Waals surface area contributed by atoms with Crippen LogP contribution in [0.5, 0.6) is 23.0 Å². The van der Waals surface area contributed by atoms with Gasteiger partial charge in [-0.1, -0.05) is 0 Å². The van der Waals surface area contributed by atoms with Crippen molar-refractivity contribution in [2.24, 2.45) is 5.10 Å². The number of fused-ring (bicyclic) bond motifs is 2. The van der Waals surface area contributed by atoms with Crippen LogP contribution in [-0.4, -0.2) is 105 Å². The summed E-state index contributed by atoms with van der Waals surface area (Å²) in [4.78, 5) is 22.3. The number of rotatable bonds is 17. The van der Waals surface area contributed by atoms with Crippen LogP contribution in [0.3, 0.4) is 0 Å². The number of aliphatic carboxylic acids is 1. The average molecular weight is 1030 g/mol. The van der Waals surface area contributed by atoms with Gasteiger partial charge in [-0.15, -0.1) is 0 Å². The largest absolute Gasteiger partial charge is 0.507 e. The van der Waals surface area contributed by atoms with Crippen molar-refractivity contribution >= 4 is 114 Å². The Morgan fingerprint density at radius 1 is 0.623 bits per heavy atom. The Morgan fingerprint density at radius 3 is 1.75 bits per heavy atom. The zero-order valence-corrected chi connectivity index (χ0v) is 38.0. The zero-order valence-electron chi connectivity index (χ0n) is 34.7. The SMILES string of the molecule is COc1cc(NNc2ccc(S(=O)(=O)O)c3cc(S(=O)(=O)O)cc(O)c23)c(OC)cc1NNc1c(S(=O)(=O)O)cc2cc(NNC3C(=O)N(c4ccc(S(=O)(=O)O)cc4)N=C3C(=O)O)ccc2c1O.